The number of methoxy groups -OCH3 is 1. The van der Waals surface area contributed by atoms with Crippen molar-refractivity contribution in [1.82, 2.24) is 0 Å². The molecule has 0 amide bonds. The van der Waals surface area contributed by atoms with E-state index < -0.39 is 6.79 Å². The molecule has 2 aromatic rings. The summed E-state index contributed by atoms with van der Waals surface area (Å²) in [4.78, 5) is 27.7. The largest absolute Gasteiger partial charge is 0.504 e. The number of ether oxygens (including phenoxy) is 2. The molecule has 0 heterocycles. The van der Waals surface area contributed by atoms with Gasteiger partial charge in [0, 0.05) is 19.9 Å². The van der Waals surface area contributed by atoms with E-state index in [2.05, 4.69) is 17.2 Å². The molecule has 2 aromatic carbocycles. The van der Waals surface area contributed by atoms with Crippen LogP contribution in [0.2, 0.25) is 0 Å². The first-order chi connectivity index (χ1) is 19.2. The summed E-state index contributed by atoms with van der Waals surface area (Å²) in [5.74, 6) is 0.535. The van der Waals surface area contributed by atoms with Gasteiger partial charge < -0.3 is 40.6 Å². The molecule has 0 aliphatic rings. The summed E-state index contributed by atoms with van der Waals surface area (Å²) in [6.07, 6.45) is 8.63. The lowest BCUT2D eigenvalue weighted by molar-refractivity contribution is -0.114. The fourth-order valence-corrected chi connectivity index (χ4v) is 4.37. The fraction of sp³-hybridized carbons (Fsp3) is 0.433. The van der Waals surface area contributed by atoms with Crippen molar-refractivity contribution in [2.45, 2.75) is 51.9 Å². The van der Waals surface area contributed by atoms with Crippen molar-refractivity contribution in [3.8, 4) is 23.0 Å². The van der Waals surface area contributed by atoms with Crippen LogP contribution in [0.25, 0.3) is 0 Å². The number of aromatic hydroxyl groups is 2. The van der Waals surface area contributed by atoms with Crippen LogP contribution in [0.5, 0.6) is 23.0 Å². The van der Waals surface area contributed by atoms with Gasteiger partial charge in [0.25, 0.3) is 0 Å². The molecular weight excluding hydrogens is 514 g/mol. The second-order valence-corrected chi connectivity index (χ2v) is 9.55. The molecule has 0 aliphatic heterocycles. The van der Waals surface area contributed by atoms with Crippen LogP contribution in [0, 0.1) is 11.8 Å². The number of aliphatic imine (C=N–C) groups is 1. The van der Waals surface area contributed by atoms with Crippen molar-refractivity contribution >= 4 is 23.7 Å². The Morgan fingerprint density at radius 2 is 1.90 bits per heavy atom. The molecule has 0 saturated carbocycles. The van der Waals surface area contributed by atoms with E-state index in [9.17, 15) is 24.9 Å². The van der Waals surface area contributed by atoms with Gasteiger partial charge in [-0.1, -0.05) is 25.5 Å². The van der Waals surface area contributed by atoms with E-state index in [0.29, 0.717) is 25.0 Å². The number of aliphatic hydroxyl groups is 1. The van der Waals surface area contributed by atoms with E-state index in [4.69, 9.17) is 15.2 Å². The van der Waals surface area contributed by atoms with Crippen LogP contribution in [0.3, 0.4) is 0 Å². The number of anilines is 1. The molecule has 10 nitrogen and oxygen atoms in total. The summed E-state index contributed by atoms with van der Waals surface area (Å²) in [6.45, 7) is 1.43. The fourth-order valence-electron chi connectivity index (χ4n) is 4.37. The number of nitrogens with two attached hydrogens (primary N) is 1. The SMILES string of the molecule is CCC(CC=O)CCC(C=CC(=O)CCc1ccc(O)c(OC)c1)Cc1cc(NC(N)=NC)c(O)c(OCO)c1. The van der Waals surface area contributed by atoms with E-state index in [0.717, 1.165) is 36.7 Å². The summed E-state index contributed by atoms with van der Waals surface area (Å²) in [6, 6.07) is 8.38. The Bertz CT molecular complexity index is 1180. The minimum atomic E-state index is -0.623. The van der Waals surface area contributed by atoms with E-state index in [1.807, 2.05) is 6.08 Å². The van der Waals surface area contributed by atoms with E-state index >= 15 is 0 Å². The number of aldehydes is 1. The Kier molecular flexibility index (Phi) is 13.5. The molecule has 2 unspecified atom stereocenters. The highest BCUT2D eigenvalue weighted by Gasteiger charge is 2.17. The average molecular weight is 556 g/mol. The molecule has 2 rings (SSSR count). The summed E-state index contributed by atoms with van der Waals surface area (Å²) in [7, 11) is 2.98. The van der Waals surface area contributed by atoms with Crippen molar-refractivity contribution in [1.29, 1.82) is 0 Å². The number of nitrogens with one attached hydrogen (secondary N) is 1. The maximum atomic E-state index is 12.8. The molecule has 218 valence electrons. The summed E-state index contributed by atoms with van der Waals surface area (Å²) in [5.41, 5.74) is 7.73. The number of hydrogen-bond acceptors (Lipinski definition) is 8. The number of nitrogens with zero attached hydrogens (tertiary/aromatic N) is 1. The summed E-state index contributed by atoms with van der Waals surface area (Å²) >= 11 is 0. The minimum absolute atomic E-state index is 0.0405. The van der Waals surface area contributed by atoms with Gasteiger partial charge in [0.05, 0.1) is 12.8 Å². The van der Waals surface area contributed by atoms with Crippen molar-refractivity contribution in [3.05, 3.63) is 53.6 Å². The van der Waals surface area contributed by atoms with Gasteiger partial charge in [-0.15, -0.1) is 0 Å². The highest BCUT2D eigenvalue weighted by atomic mass is 16.6. The molecule has 0 spiro atoms. The number of carbonyl (C=O) groups excluding carboxylic acids is 2. The van der Waals surface area contributed by atoms with Crippen LogP contribution >= 0.6 is 0 Å². The van der Waals surface area contributed by atoms with Crippen LogP contribution in [0.15, 0.2) is 47.5 Å². The molecule has 6 N–H and O–H groups in total. The number of aliphatic hydroxyl groups excluding tert-OH is 1. The molecule has 0 fully saturated rings. The Morgan fingerprint density at radius 3 is 2.55 bits per heavy atom. The third-order valence-corrected chi connectivity index (χ3v) is 6.77. The number of phenols is 2. The number of rotatable bonds is 17. The van der Waals surface area contributed by atoms with Gasteiger partial charge in [0.1, 0.15) is 6.29 Å². The van der Waals surface area contributed by atoms with E-state index in [1.54, 1.807) is 36.4 Å². The quantitative estimate of drug-likeness (QED) is 0.0483. The second kappa shape index (κ2) is 16.8. The molecule has 0 aliphatic carbocycles. The van der Waals surface area contributed by atoms with Gasteiger partial charge in [-0.2, -0.15) is 0 Å². The Morgan fingerprint density at radius 1 is 1.15 bits per heavy atom. The molecule has 40 heavy (non-hydrogen) atoms. The normalized spacial score (nSPS) is 13.2. The van der Waals surface area contributed by atoms with Crippen molar-refractivity contribution in [2.75, 3.05) is 26.3 Å². The number of guanidine groups is 1. The highest BCUT2D eigenvalue weighted by molar-refractivity contribution is 5.94. The van der Waals surface area contributed by atoms with Crippen LogP contribution in [0.1, 0.15) is 50.2 Å². The van der Waals surface area contributed by atoms with Gasteiger partial charge in [-0.05, 0) is 79.0 Å². The number of phenolic OH excluding ortho intramolecular Hbond substituents is 2. The molecule has 0 aromatic heterocycles. The van der Waals surface area contributed by atoms with Crippen LogP contribution < -0.4 is 20.5 Å². The number of carbonyl (C=O) groups is 2. The summed E-state index contributed by atoms with van der Waals surface area (Å²) in [5, 5.41) is 32.4. The number of aryl methyl sites for hydroxylation is 1. The number of allylic oxidation sites excluding steroid dienone is 2. The van der Waals surface area contributed by atoms with Crippen LogP contribution in [-0.4, -0.2) is 54.3 Å². The zero-order chi connectivity index (χ0) is 29.5. The van der Waals surface area contributed by atoms with Crippen molar-refractivity contribution in [3.63, 3.8) is 0 Å². The van der Waals surface area contributed by atoms with Gasteiger partial charge in [0.15, 0.2) is 41.5 Å². The smallest absolute Gasteiger partial charge is 0.192 e. The van der Waals surface area contributed by atoms with Gasteiger partial charge in [-0.25, -0.2) is 0 Å². The monoisotopic (exact) mass is 555 g/mol. The third kappa shape index (κ3) is 10.3. The van der Waals surface area contributed by atoms with Gasteiger partial charge in [0.2, 0.25) is 0 Å². The predicted octanol–water partition coefficient (Wildman–Crippen LogP) is 4.10. The maximum Gasteiger partial charge on any atom is 0.192 e. The average Bonchev–Trinajstić information content (AvgIpc) is 2.95. The molecule has 10 heteroatoms. The zero-order valence-electron chi connectivity index (χ0n) is 23.4. The van der Waals surface area contributed by atoms with Crippen molar-refractivity contribution in [2.24, 2.45) is 22.6 Å². The molecule has 0 radical (unpaired) electrons. The lowest BCUT2D eigenvalue weighted by Crippen LogP contribution is -2.22. The first-order valence-corrected chi connectivity index (χ1v) is 13.3. The summed E-state index contributed by atoms with van der Waals surface area (Å²) < 4.78 is 10.3. The Labute approximate surface area is 235 Å². The Hall–Kier alpha value is -4.05. The first-order valence-electron chi connectivity index (χ1n) is 13.3. The van der Waals surface area contributed by atoms with Gasteiger partial charge in [-0.3, -0.25) is 9.79 Å². The number of hydrogen-bond donors (Lipinski definition) is 5. The first kappa shape index (κ1) is 32.2. The lowest BCUT2D eigenvalue weighted by Gasteiger charge is -2.19. The number of ketones is 1. The van der Waals surface area contributed by atoms with E-state index in [-0.39, 0.29) is 52.9 Å². The molecule has 0 saturated heterocycles. The standard InChI is InChI=1S/C30H41N3O7/c1-4-20(13-14-34)5-6-21(7-10-24(36)11-8-22-9-12-26(37)27(17-22)39-3)15-23-16-25(33-30(31)32-2)29(38)28(18-23)40-19-35/h7,9-10,12,14,16-18,20-21,35,37-38H,4-6,8,11,13,15,19H2,1-3H3,(H3,31,32,33). The molecule has 2 atom stereocenters. The molecule has 0 bridgehead atoms. The van der Waals surface area contributed by atoms with Crippen LogP contribution in [0.4, 0.5) is 5.69 Å². The third-order valence-electron chi connectivity index (χ3n) is 6.77. The zero-order valence-corrected chi connectivity index (χ0v) is 23.4. The maximum absolute atomic E-state index is 12.8. The minimum Gasteiger partial charge on any atom is -0.504 e. The second-order valence-electron chi connectivity index (χ2n) is 9.55. The van der Waals surface area contributed by atoms with Gasteiger partial charge >= 0.3 is 0 Å². The topological polar surface area (TPSA) is 164 Å². The lowest BCUT2D eigenvalue weighted by atomic mass is 9.88. The van der Waals surface area contributed by atoms with Crippen LogP contribution in [-0.2, 0) is 22.4 Å². The Balaban J connectivity index is 2.24. The molecular formula is C30H41N3O7. The number of benzene rings is 2. The van der Waals surface area contributed by atoms with Crippen molar-refractivity contribution < 1.29 is 34.4 Å². The highest BCUT2D eigenvalue weighted by Crippen LogP contribution is 2.37. The predicted molar refractivity (Wildman–Crippen MR) is 155 cm³/mol. The van der Waals surface area contributed by atoms with E-state index in [1.165, 1.54) is 14.2 Å².